The van der Waals surface area contributed by atoms with E-state index >= 15 is 0 Å². The number of carbonyl (C=O) groups is 1. The van der Waals surface area contributed by atoms with E-state index in [1.165, 1.54) is 0 Å². The van der Waals surface area contributed by atoms with Gasteiger partial charge in [0.15, 0.2) is 0 Å². The minimum atomic E-state index is -5.01. The van der Waals surface area contributed by atoms with Crippen molar-refractivity contribution >= 4 is 11.8 Å². The summed E-state index contributed by atoms with van der Waals surface area (Å²) >= 11 is 0. The number of ether oxygens (including phenoxy) is 1. The second-order valence-corrected chi connectivity index (χ2v) is 4.89. The Labute approximate surface area is 140 Å². The van der Waals surface area contributed by atoms with Crippen molar-refractivity contribution in [3.8, 4) is 23.0 Å². The van der Waals surface area contributed by atoms with Gasteiger partial charge in [-0.3, -0.25) is 10.1 Å². The molecule has 0 unspecified atom stereocenters. The highest BCUT2D eigenvalue weighted by atomic mass is 19.4. The molecule has 5 nitrogen and oxygen atoms in total. The number of aromatic nitrogens is 1. The van der Waals surface area contributed by atoms with Crippen LogP contribution in [0.1, 0.15) is 0 Å². The third-order valence-corrected chi connectivity index (χ3v) is 3.09. The first-order valence-electron chi connectivity index (χ1n) is 7.10. The first-order valence-corrected chi connectivity index (χ1v) is 7.10. The van der Waals surface area contributed by atoms with Gasteiger partial charge in [-0.1, -0.05) is 30.3 Å². The Balaban J connectivity index is 1.84. The molecule has 0 aliphatic rings. The SMILES string of the molecule is O=C(Nc1cnc(-c2ccccc2Oc2ccccc2)o1)C(F)(F)F. The van der Waals surface area contributed by atoms with Crippen molar-refractivity contribution in [2.75, 3.05) is 5.32 Å². The molecule has 0 saturated heterocycles. The van der Waals surface area contributed by atoms with Crippen LogP contribution < -0.4 is 10.1 Å². The average molecular weight is 348 g/mol. The monoisotopic (exact) mass is 348 g/mol. The summed E-state index contributed by atoms with van der Waals surface area (Å²) in [7, 11) is 0. The molecule has 3 aromatic rings. The first-order chi connectivity index (χ1) is 11.9. The van der Waals surface area contributed by atoms with Gasteiger partial charge in [-0.05, 0) is 24.3 Å². The fourth-order valence-corrected chi connectivity index (χ4v) is 1.99. The molecule has 0 saturated carbocycles. The summed E-state index contributed by atoms with van der Waals surface area (Å²) in [5, 5.41) is 1.61. The number of nitrogens with one attached hydrogen (secondary N) is 1. The summed E-state index contributed by atoms with van der Waals surface area (Å²) in [5.41, 5.74) is 0.430. The molecule has 0 fully saturated rings. The van der Waals surface area contributed by atoms with Gasteiger partial charge in [0.05, 0.1) is 11.8 Å². The van der Waals surface area contributed by atoms with Crippen LogP contribution in [0.4, 0.5) is 19.1 Å². The molecule has 2 aromatic carbocycles. The van der Waals surface area contributed by atoms with E-state index in [9.17, 15) is 18.0 Å². The molecule has 3 rings (SSSR count). The fourth-order valence-electron chi connectivity index (χ4n) is 1.99. The molecule has 0 spiro atoms. The Morgan fingerprint density at radius 3 is 2.44 bits per heavy atom. The number of carbonyl (C=O) groups excluding carboxylic acids is 1. The molecule has 0 radical (unpaired) electrons. The van der Waals surface area contributed by atoms with Crippen LogP contribution >= 0.6 is 0 Å². The number of rotatable bonds is 4. The zero-order valence-electron chi connectivity index (χ0n) is 12.6. The summed E-state index contributed by atoms with van der Waals surface area (Å²) in [4.78, 5) is 14.8. The van der Waals surface area contributed by atoms with Crippen molar-refractivity contribution in [1.29, 1.82) is 0 Å². The van der Waals surface area contributed by atoms with Crippen molar-refractivity contribution in [1.82, 2.24) is 4.98 Å². The van der Waals surface area contributed by atoms with E-state index in [2.05, 4.69) is 4.98 Å². The highest BCUT2D eigenvalue weighted by molar-refractivity contribution is 5.93. The summed E-state index contributed by atoms with van der Waals surface area (Å²) in [5.74, 6) is -1.55. The maximum Gasteiger partial charge on any atom is 0.471 e. The second kappa shape index (κ2) is 6.68. The quantitative estimate of drug-likeness (QED) is 0.746. The average Bonchev–Trinajstić information content (AvgIpc) is 3.04. The van der Waals surface area contributed by atoms with Crippen molar-refractivity contribution < 1.29 is 27.1 Å². The largest absolute Gasteiger partial charge is 0.471 e. The molecule has 1 amide bonds. The molecule has 128 valence electrons. The van der Waals surface area contributed by atoms with Crippen molar-refractivity contribution in [3.63, 3.8) is 0 Å². The van der Waals surface area contributed by atoms with E-state index < -0.39 is 18.0 Å². The molecule has 0 aliphatic heterocycles. The highest BCUT2D eigenvalue weighted by Gasteiger charge is 2.39. The molecule has 0 bridgehead atoms. The number of oxazole rings is 1. The lowest BCUT2D eigenvalue weighted by Crippen LogP contribution is -2.29. The smallest absolute Gasteiger partial charge is 0.457 e. The molecular weight excluding hydrogens is 337 g/mol. The summed E-state index contributed by atoms with van der Waals surface area (Å²) < 4.78 is 47.8. The number of amides is 1. The zero-order valence-corrected chi connectivity index (χ0v) is 12.6. The third-order valence-electron chi connectivity index (χ3n) is 3.09. The van der Waals surface area contributed by atoms with Crippen LogP contribution in [0, 0.1) is 0 Å². The van der Waals surface area contributed by atoms with Crippen LogP contribution in [0.2, 0.25) is 0 Å². The minimum Gasteiger partial charge on any atom is -0.457 e. The van der Waals surface area contributed by atoms with Gasteiger partial charge in [0.1, 0.15) is 11.5 Å². The predicted molar refractivity (Wildman–Crippen MR) is 83.1 cm³/mol. The van der Waals surface area contributed by atoms with Crippen molar-refractivity contribution in [2.24, 2.45) is 0 Å². The summed E-state index contributed by atoms with van der Waals surface area (Å²) in [6.07, 6.45) is -4.01. The highest BCUT2D eigenvalue weighted by Crippen LogP contribution is 2.33. The number of anilines is 1. The van der Waals surface area contributed by atoms with Gasteiger partial charge in [0, 0.05) is 0 Å². The van der Waals surface area contributed by atoms with Crippen LogP contribution in [0.5, 0.6) is 11.5 Å². The molecule has 0 atom stereocenters. The van der Waals surface area contributed by atoms with Gasteiger partial charge in [-0.15, -0.1) is 0 Å². The van der Waals surface area contributed by atoms with Gasteiger partial charge < -0.3 is 9.15 Å². The van der Waals surface area contributed by atoms with Crippen LogP contribution in [-0.2, 0) is 4.79 Å². The number of benzene rings is 2. The van der Waals surface area contributed by atoms with Crippen LogP contribution in [0.25, 0.3) is 11.5 Å². The summed E-state index contributed by atoms with van der Waals surface area (Å²) in [6.45, 7) is 0. The predicted octanol–water partition coefficient (Wildman–Crippen LogP) is 4.63. The van der Waals surface area contributed by atoms with Crippen LogP contribution in [-0.4, -0.2) is 17.1 Å². The third kappa shape index (κ3) is 3.97. The number of halogens is 3. The Bertz CT molecular complexity index is 876. The first kappa shape index (κ1) is 16.6. The number of nitrogens with zero attached hydrogens (tertiary/aromatic N) is 1. The van der Waals surface area contributed by atoms with E-state index in [1.807, 2.05) is 6.07 Å². The van der Waals surface area contributed by atoms with Gasteiger partial charge >= 0.3 is 12.1 Å². The lowest BCUT2D eigenvalue weighted by Gasteiger charge is -2.09. The molecule has 1 heterocycles. The van der Waals surface area contributed by atoms with Crippen LogP contribution in [0.3, 0.4) is 0 Å². The molecule has 1 aromatic heterocycles. The fraction of sp³-hybridized carbons (Fsp3) is 0.0588. The maximum absolute atomic E-state index is 12.3. The maximum atomic E-state index is 12.3. The Morgan fingerprint density at radius 2 is 1.72 bits per heavy atom. The Hall–Kier alpha value is -3.29. The van der Waals surface area contributed by atoms with E-state index in [4.69, 9.17) is 9.15 Å². The zero-order chi connectivity index (χ0) is 17.9. The molecule has 8 heteroatoms. The number of hydrogen-bond donors (Lipinski definition) is 1. The number of alkyl halides is 3. The second-order valence-electron chi connectivity index (χ2n) is 4.89. The summed E-state index contributed by atoms with van der Waals surface area (Å²) in [6, 6.07) is 15.7. The molecule has 0 aliphatic carbocycles. The molecule has 1 N–H and O–H groups in total. The topological polar surface area (TPSA) is 64.4 Å². The Morgan fingerprint density at radius 1 is 1.04 bits per heavy atom. The minimum absolute atomic E-state index is 0.0176. The van der Waals surface area contributed by atoms with E-state index in [0.717, 1.165) is 6.20 Å². The standard InChI is InChI=1S/C17H11F3N2O3/c18-17(19,20)16(23)22-14-10-21-15(25-14)12-8-4-5-9-13(12)24-11-6-2-1-3-7-11/h1-10H,(H,22,23). The number of para-hydroxylation sites is 2. The molecular formula is C17H11F3N2O3. The van der Waals surface area contributed by atoms with Crippen molar-refractivity contribution in [3.05, 3.63) is 60.8 Å². The molecule has 25 heavy (non-hydrogen) atoms. The van der Waals surface area contributed by atoms with Gasteiger partial charge in [-0.25, -0.2) is 4.98 Å². The normalized spacial score (nSPS) is 11.2. The van der Waals surface area contributed by atoms with Gasteiger partial charge in [-0.2, -0.15) is 13.2 Å². The van der Waals surface area contributed by atoms with Crippen molar-refractivity contribution in [2.45, 2.75) is 6.18 Å². The van der Waals surface area contributed by atoms with E-state index in [-0.39, 0.29) is 5.89 Å². The van der Waals surface area contributed by atoms with E-state index in [0.29, 0.717) is 17.1 Å². The Kier molecular flexibility index (Phi) is 4.42. The number of hydrogen-bond acceptors (Lipinski definition) is 4. The lowest BCUT2D eigenvalue weighted by molar-refractivity contribution is -0.167. The van der Waals surface area contributed by atoms with E-state index in [1.54, 1.807) is 53.8 Å². The van der Waals surface area contributed by atoms with Crippen LogP contribution in [0.15, 0.2) is 65.2 Å². The lowest BCUT2D eigenvalue weighted by atomic mass is 10.2. The van der Waals surface area contributed by atoms with Gasteiger partial charge in [0.2, 0.25) is 11.8 Å². The van der Waals surface area contributed by atoms with Gasteiger partial charge in [0.25, 0.3) is 0 Å².